The van der Waals surface area contributed by atoms with E-state index < -0.39 is 6.10 Å². The maximum Gasteiger partial charge on any atom is 0.112 e. The summed E-state index contributed by atoms with van der Waals surface area (Å²) in [6.45, 7) is 16.2. The van der Waals surface area contributed by atoms with Gasteiger partial charge in [0.2, 0.25) is 0 Å². The van der Waals surface area contributed by atoms with Crippen LogP contribution in [0.25, 0.3) is 0 Å². The van der Waals surface area contributed by atoms with E-state index in [4.69, 9.17) is 0 Å². The van der Waals surface area contributed by atoms with Crippen LogP contribution in [0.2, 0.25) is 0 Å². The van der Waals surface area contributed by atoms with Crippen molar-refractivity contribution in [2.45, 2.75) is 18.4 Å². The van der Waals surface area contributed by atoms with Crippen molar-refractivity contribution in [2.24, 2.45) is 0 Å². The van der Waals surface area contributed by atoms with Gasteiger partial charge >= 0.3 is 0 Å². The van der Waals surface area contributed by atoms with Gasteiger partial charge in [0.15, 0.2) is 0 Å². The highest BCUT2D eigenvalue weighted by Gasteiger charge is 2.42. The minimum absolute atomic E-state index is 0.0963. The topological polar surface area (TPSA) is 81.3 Å². The fourth-order valence-electron chi connectivity index (χ4n) is 5.27. The van der Waals surface area contributed by atoms with E-state index in [9.17, 15) is 5.11 Å². The Labute approximate surface area is 169 Å². The Morgan fingerprint density at radius 3 is 0.857 bits per heavy atom. The van der Waals surface area contributed by atoms with E-state index in [2.05, 4.69) is 40.9 Å². The summed E-state index contributed by atoms with van der Waals surface area (Å²) in [6, 6.07) is 0. The molecule has 5 N–H and O–H groups in total. The molecule has 0 unspecified atom stereocenters. The Bertz CT molecular complexity index is 369. The molecular formula is C19H40N8O. The number of nitrogens with one attached hydrogen (secondary N) is 4. The number of piperazine rings is 4. The van der Waals surface area contributed by atoms with Gasteiger partial charge in [0, 0.05) is 105 Å². The van der Waals surface area contributed by atoms with E-state index in [1.54, 1.807) is 0 Å². The van der Waals surface area contributed by atoms with Crippen molar-refractivity contribution in [2.75, 3.05) is 105 Å². The second-order valence-corrected chi connectivity index (χ2v) is 8.46. The van der Waals surface area contributed by atoms with E-state index in [0.717, 1.165) is 105 Å². The van der Waals surface area contributed by atoms with Gasteiger partial charge in [-0.15, -0.1) is 0 Å². The molecule has 0 bridgehead atoms. The molecule has 0 radical (unpaired) electrons. The van der Waals surface area contributed by atoms with Crippen molar-refractivity contribution in [3.8, 4) is 0 Å². The fourth-order valence-corrected chi connectivity index (χ4v) is 5.27. The number of nitrogens with zero attached hydrogens (tertiary/aromatic N) is 4. The van der Waals surface area contributed by atoms with Crippen LogP contribution in [0.4, 0.5) is 0 Å². The predicted molar refractivity (Wildman–Crippen MR) is 111 cm³/mol. The van der Waals surface area contributed by atoms with Crippen LogP contribution in [-0.2, 0) is 0 Å². The van der Waals surface area contributed by atoms with Crippen molar-refractivity contribution in [3.63, 3.8) is 0 Å². The molecule has 0 aromatic carbocycles. The first-order chi connectivity index (χ1) is 13.8. The van der Waals surface area contributed by atoms with Crippen molar-refractivity contribution in [3.05, 3.63) is 0 Å². The number of aliphatic hydroxyl groups excluding tert-OH is 1. The molecule has 4 aliphatic rings. The molecular weight excluding hydrogens is 356 g/mol. The average molecular weight is 397 g/mol. The second-order valence-electron chi connectivity index (χ2n) is 8.46. The molecule has 4 rings (SSSR count). The van der Waals surface area contributed by atoms with Gasteiger partial charge in [-0.3, -0.25) is 19.6 Å². The van der Waals surface area contributed by atoms with Crippen LogP contribution >= 0.6 is 0 Å². The summed E-state index contributed by atoms with van der Waals surface area (Å²) in [4.78, 5) is 10.1. The summed E-state index contributed by atoms with van der Waals surface area (Å²) in [5.74, 6) is 0. The van der Waals surface area contributed by atoms with Crippen LogP contribution < -0.4 is 21.3 Å². The van der Waals surface area contributed by atoms with Crippen molar-refractivity contribution >= 4 is 0 Å². The summed E-state index contributed by atoms with van der Waals surface area (Å²) >= 11 is 0. The molecule has 0 aromatic rings. The zero-order chi connectivity index (χ0) is 19.2. The van der Waals surface area contributed by atoms with Crippen LogP contribution in [0.15, 0.2) is 0 Å². The molecule has 4 aliphatic heterocycles. The van der Waals surface area contributed by atoms with Crippen molar-refractivity contribution in [1.29, 1.82) is 0 Å². The number of aliphatic hydroxyl groups is 1. The lowest BCUT2D eigenvalue weighted by molar-refractivity contribution is -0.131. The average Bonchev–Trinajstić information content (AvgIpc) is 2.77. The standard InChI is InChI=1S/C19H40N8O/c28-17(18(24-9-1-20-2-10-24)25-11-3-21-4-12-25)19(26-13-5-22-6-14-26)27-15-7-23-8-16-27/h17-23,28H,1-16H2. The normalized spacial score (nSPS) is 27.9. The van der Waals surface area contributed by atoms with Gasteiger partial charge < -0.3 is 26.4 Å². The predicted octanol–water partition coefficient (Wildman–Crippen LogP) is -3.38. The fraction of sp³-hybridized carbons (Fsp3) is 1.00. The molecule has 9 heteroatoms. The highest BCUT2D eigenvalue weighted by Crippen LogP contribution is 2.22. The summed E-state index contributed by atoms with van der Waals surface area (Å²) < 4.78 is 0. The van der Waals surface area contributed by atoms with E-state index >= 15 is 0 Å². The van der Waals surface area contributed by atoms with Crippen LogP contribution in [0, 0.1) is 0 Å². The number of hydrogen-bond acceptors (Lipinski definition) is 9. The van der Waals surface area contributed by atoms with E-state index in [1.165, 1.54) is 0 Å². The first-order valence-corrected chi connectivity index (χ1v) is 11.3. The van der Waals surface area contributed by atoms with Crippen LogP contribution in [0.5, 0.6) is 0 Å². The number of rotatable bonds is 6. The lowest BCUT2D eigenvalue weighted by Crippen LogP contribution is -2.70. The van der Waals surface area contributed by atoms with Gasteiger partial charge in [-0.2, -0.15) is 0 Å². The molecule has 0 aliphatic carbocycles. The third-order valence-corrected chi connectivity index (χ3v) is 6.71. The van der Waals surface area contributed by atoms with E-state index in [-0.39, 0.29) is 12.3 Å². The van der Waals surface area contributed by atoms with Gasteiger partial charge in [-0.25, -0.2) is 0 Å². The Morgan fingerprint density at radius 1 is 0.429 bits per heavy atom. The Kier molecular flexibility index (Phi) is 7.91. The zero-order valence-corrected chi connectivity index (χ0v) is 17.3. The maximum absolute atomic E-state index is 11.9. The largest absolute Gasteiger partial charge is 0.387 e. The lowest BCUT2D eigenvalue weighted by Gasteiger charge is -2.52. The second kappa shape index (κ2) is 10.6. The van der Waals surface area contributed by atoms with Crippen LogP contribution in [-0.4, -0.2) is 148 Å². The molecule has 4 heterocycles. The highest BCUT2D eigenvalue weighted by molar-refractivity contribution is 4.94. The molecule has 0 spiro atoms. The maximum atomic E-state index is 11.9. The Morgan fingerprint density at radius 2 is 0.643 bits per heavy atom. The molecule has 4 fully saturated rings. The van der Waals surface area contributed by atoms with Gasteiger partial charge in [0.05, 0.1) is 12.3 Å². The van der Waals surface area contributed by atoms with E-state index in [1.807, 2.05) is 0 Å². The first-order valence-electron chi connectivity index (χ1n) is 11.3. The summed E-state index contributed by atoms with van der Waals surface area (Å²) in [7, 11) is 0. The zero-order valence-electron chi connectivity index (χ0n) is 17.3. The number of hydrogen-bond donors (Lipinski definition) is 5. The minimum Gasteiger partial charge on any atom is -0.387 e. The lowest BCUT2D eigenvalue weighted by atomic mass is 10.1. The summed E-state index contributed by atoms with van der Waals surface area (Å²) in [6.07, 6.45) is -0.203. The molecule has 0 saturated carbocycles. The summed E-state index contributed by atoms with van der Waals surface area (Å²) in [5, 5.41) is 25.8. The highest BCUT2D eigenvalue weighted by atomic mass is 16.3. The smallest absolute Gasteiger partial charge is 0.112 e. The van der Waals surface area contributed by atoms with Gasteiger partial charge in [-0.05, 0) is 0 Å². The molecule has 4 saturated heterocycles. The van der Waals surface area contributed by atoms with Gasteiger partial charge in [0.25, 0.3) is 0 Å². The van der Waals surface area contributed by atoms with Gasteiger partial charge in [0.1, 0.15) is 6.10 Å². The Balaban J connectivity index is 1.56. The van der Waals surface area contributed by atoms with Crippen LogP contribution in [0.1, 0.15) is 0 Å². The third-order valence-electron chi connectivity index (χ3n) is 6.71. The molecule has 0 atom stereocenters. The van der Waals surface area contributed by atoms with Gasteiger partial charge in [-0.1, -0.05) is 0 Å². The first kappa shape index (κ1) is 20.9. The molecule has 0 amide bonds. The molecule has 162 valence electrons. The van der Waals surface area contributed by atoms with Crippen molar-refractivity contribution in [1.82, 2.24) is 40.9 Å². The minimum atomic E-state index is -0.396. The summed E-state index contributed by atoms with van der Waals surface area (Å²) in [5.41, 5.74) is 0. The van der Waals surface area contributed by atoms with Crippen LogP contribution in [0.3, 0.4) is 0 Å². The van der Waals surface area contributed by atoms with E-state index in [0.29, 0.717) is 0 Å². The quantitative estimate of drug-likeness (QED) is 0.316. The van der Waals surface area contributed by atoms with Crippen molar-refractivity contribution < 1.29 is 5.11 Å². The molecule has 9 nitrogen and oxygen atoms in total. The molecule has 0 aromatic heterocycles. The SMILES string of the molecule is OC(C(N1CCNCC1)N1CCNCC1)C(N1CCNCC1)N1CCNCC1. The third kappa shape index (κ3) is 5.03. The monoisotopic (exact) mass is 396 g/mol. The Hall–Kier alpha value is -0.360. The molecule has 28 heavy (non-hydrogen) atoms.